The average Bonchev–Trinajstić information content (AvgIpc) is 2.43. The van der Waals surface area contributed by atoms with Crippen LogP contribution in [0.15, 0.2) is 46.9 Å². The van der Waals surface area contributed by atoms with E-state index in [1.165, 1.54) is 16.7 Å². The lowest BCUT2D eigenvalue weighted by Crippen LogP contribution is -2.18. The van der Waals surface area contributed by atoms with Crippen molar-refractivity contribution in [1.29, 1.82) is 0 Å². The lowest BCUT2D eigenvalue weighted by molar-refractivity contribution is 0.318. The van der Waals surface area contributed by atoms with E-state index in [4.69, 9.17) is 18.0 Å². The van der Waals surface area contributed by atoms with E-state index in [-0.39, 0.29) is 0 Å². The van der Waals surface area contributed by atoms with Gasteiger partial charge in [0.1, 0.15) is 4.99 Å². The maximum atomic E-state index is 5.67. The quantitative estimate of drug-likeness (QED) is 0.814. The third-order valence-electron chi connectivity index (χ3n) is 3.43. The van der Waals surface area contributed by atoms with Crippen LogP contribution in [0, 0.1) is 6.92 Å². The van der Waals surface area contributed by atoms with Crippen LogP contribution in [0.5, 0.6) is 0 Å². The largest absolute Gasteiger partial charge is 0.389 e. The van der Waals surface area contributed by atoms with Gasteiger partial charge in [0.25, 0.3) is 0 Å². The predicted octanol–water partition coefficient (Wildman–Crippen LogP) is 4.02. The smallest absolute Gasteiger partial charge is 0.103 e. The molecule has 2 aromatic rings. The van der Waals surface area contributed by atoms with E-state index in [9.17, 15) is 0 Å². The van der Waals surface area contributed by atoms with E-state index >= 15 is 0 Å². The first-order valence-electron chi connectivity index (χ1n) is 6.78. The van der Waals surface area contributed by atoms with Gasteiger partial charge in [-0.3, -0.25) is 4.90 Å². The number of benzene rings is 2. The molecule has 0 saturated carbocycles. The highest BCUT2D eigenvalue weighted by molar-refractivity contribution is 9.10. The molecular formula is C17H19BrN2S. The van der Waals surface area contributed by atoms with E-state index in [2.05, 4.69) is 71.2 Å². The molecule has 0 aromatic heterocycles. The summed E-state index contributed by atoms with van der Waals surface area (Å²) in [6.07, 6.45) is 0. The molecule has 0 heterocycles. The number of thiocarbonyl (C=S) groups is 1. The minimum absolute atomic E-state index is 0.452. The lowest BCUT2D eigenvalue weighted by Gasteiger charge is -2.18. The van der Waals surface area contributed by atoms with Crippen LogP contribution in [0.4, 0.5) is 0 Å². The van der Waals surface area contributed by atoms with E-state index in [0.717, 1.165) is 23.1 Å². The molecule has 0 aliphatic heterocycles. The number of halogens is 1. The summed E-state index contributed by atoms with van der Waals surface area (Å²) in [5, 5.41) is 0. The van der Waals surface area contributed by atoms with Gasteiger partial charge in [-0.25, -0.2) is 0 Å². The first-order valence-corrected chi connectivity index (χ1v) is 7.98. The molecule has 110 valence electrons. The summed E-state index contributed by atoms with van der Waals surface area (Å²) in [7, 11) is 2.13. The molecule has 2 N–H and O–H groups in total. The van der Waals surface area contributed by atoms with Crippen molar-refractivity contribution in [3.63, 3.8) is 0 Å². The SMILES string of the molecule is Cc1cc(C(N)=S)ccc1CN(C)Cc1ccc(Br)cc1. The summed E-state index contributed by atoms with van der Waals surface area (Å²) in [5.74, 6) is 0. The second-order valence-electron chi connectivity index (χ2n) is 5.30. The number of aryl methyl sites for hydroxylation is 1. The van der Waals surface area contributed by atoms with Crippen LogP contribution in [0.2, 0.25) is 0 Å². The summed E-state index contributed by atoms with van der Waals surface area (Å²) in [6.45, 7) is 3.92. The predicted molar refractivity (Wildman–Crippen MR) is 96.4 cm³/mol. The Labute approximate surface area is 140 Å². The molecule has 0 bridgehead atoms. The van der Waals surface area contributed by atoms with Crippen molar-refractivity contribution in [1.82, 2.24) is 4.90 Å². The van der Waals surface area contributed by atoms with Gasteiger partial charge in [-0.15, -0.1) is 0 Å². The van der Waals surface area contributed by atoms with Gasteiger partial charge in [0.05, 0.1) is 0 Å². The zero-order chi connectivity index (χ0) is 15.4. The standard InChI is InChI=1S/C17H19BrN2S/c1-12-9-14(17(19)21)5-6-15(12)11-20(2)10-13-3-7-16(18)8-4-13/h3-9H,10-11H2,1-2H3,(H2,19,21). The van der Waals surface area contributed by atoms with Crippen LogP contribution in [0.25, 0.3) is 0 Å². The monoisotopic (exact) mass is 362 g/mol. The van der Waals surface area contributed by atoms with E-state index < -0.39 is 0 Å². The molecule has 21 heavy (non-hydrogen) atoms. The van der Waals surface area contributed by atoms with Gasteiger partial charge in [-0.05, 0) is 48.9 Å². The molecule has 0 atom stereocenters. The highest BCUT2D eigenvalue weighted by atomic mass is 79.9. The van der Waals surface area contributed by atoms with E-state index in [0.29, 0.717) is 4.99 Å². The average molecular weight is 363 g/mol. The van der Waals surface area contributed by atoms with Crippen molar-refractivity contribution in [2.45, 2.75) is 20.0 Å². The Balaban J connectivity index is 2.04. The molecular weight excluding hydrogens is 344 g/mol. The minimum atomic E-state index is 0.452. The molecule has 0 amide bonds. The first kappa shape index (κ1) is 16.1. The van der Waals surface area contributed by atoms with Gasteiger partial charge in [0, 0.05) is 23.1 Å². The Morgan fingerprint density at radius 3 is 2.38 bits per heavy atom. The van der Waals surface area contributed by atoms with Crippen molar-refractivity contribution in [3.8, 4) is 0 Å². The molecule has 0 aliphatic rings. The number of hydrogen-bond donors (Lipinski definition) is 1. The summed E-state index contributed by atoms with van der Waals surface area (Å²) in [4.78, 5) is 2.75. The van der Waals surface area contributed by atoms with Crippen LogP contribution in [-0.4, -0.2) is 16.9 Å². The number of hydrogen-bond acceptors (Lipinski definition) is 2. The molecule has 0 unspecified atom stereocenters. The van der Waals surface area contributed by atoms with Crippen molar-refractivity contribution in [2.24, 2.45) is 5.73 Å². The summed E-state index contributed by atoms with van der Waals surface area (Å²) < 4.78 is 1.11. The molecule has 0 saturated heterocycles. The van der Waals surface area contributed by atoms with Crippen molar-refractivity contribution >= 4 is 33.1 Å². The number of nitrogens with zero attached hydrogens (tertiary/aromatic N) is 1. The van der Waals surface area contributed by atoms with E-state index in [1.807, 2.05) is 6.07 Å². The van der Waals surface area contributed by atoms with Crippen LogP contribution in [-0.2, 0) is 13.1 Å². The molecule has 0 aliphatic carbocycles. The molecule has 4 heteroatoms. The fourth-order valence-electron chi connectivity index (χ4n) is 2.27. The fourth-order valence-corrected chi connectivity index (χ4v) is 2.67. The molecule has 0 spiro atoms. The summed E-state index contributed by atoms with van der Waals surface area (Å²) in [5.41, 5.74) is 10.4. The topological polar surface area (TPSA) is 29.3 Å². The van der Waals surface area contributed by atoms with Crippen molar-refractivity contribution in [2.75, 3.05) is 7.05 Å². The van der Waals surface area contributed by atoms with Gasteiger partial charge < -0.3 is 5.73 Å². The van der Waals surface area contributed by atoms with E-state index in [1.54, 1.807) is 0 Å². The third kappa shape index (κ3) is 4.63. The molecule has 2 aromatic carbocycles. The van der Waals surface area contributed by atoms with Crippen LogP contribution >= 0.6 is 28.1 Å². The number of nitrogens with two attached hydrogens (primary N) is 1. The van der Waals surface area contributed by atoms with Crippen LogP contribution < -0.4 is 5.73 Å². The Morgan fingerprint density at radius 2 is 1.81 bits per heavy atom. The minimum Gasteiger partial charge on any atom is -0.389 e. The Morgan fingerprint density at radius 1 is 1.14 bits per heavy atom. The van der Waals surface area contributed by atoms with Gasteiger partial charge in [0.2, 0.25) is 0 Å². The molecule has 2 rings (SSSR count). The maximum Gasteiger partial charge on any atom is 0.103 e. The Bertz CT molecular complexity index is 638. The first-order chi connectivity index (χ1) is 9.95. The molecule has 2 nitrogen and oxygen atoms in total. The third-order valence-corrected chi connectivity index (χ3v) is 4.20. The van der Waals surface area contributed by atoms with Crippen molar-refractivity contribution < 1.29 is 0 Å². The Kier molecular flexibility index (Phi) is 5.51. The normalized spacial score (nSPS) is 10.9. The maximum absolute atomic E-state index is 5.67. The number of rotatable bonds is 5. The Hall–Kier alpha value is -1.23. The summed E-state index contributed by atoms with van der Waals surface area (Å²) in [6, 6.07) is 14.6. The zero-order valence-corrected chi connectivity index (χ0v) is 14.7. The van der Waals surface area contributed by atoms with Crippen LogP contribution in [0.3, 0.4) is 0 Å². The van der Waals surface area contributed by atoms with Gasteiger partial charge in [-0.1, -0.05) is 52.4 Å². The zero-order valence-electron chi connectivity index (χ0n) is 12.3. The van der Waals surface area contributed by atoms with Gasteiger partial charge in [-0.2, -0.15) is 0 Å². The van der Waals surface area contributed by atoms with Crippen molar-refractivity contribution in [3.05, 3.63) is 69.2 Å². The molecule has 0 radical (unpaired) electrons. The lowest BCUT2D eigenvalue weighted by atomic mass is 10.0. The second-order valence-corrected chi connectivity index (χ2v) is 6.66. The van der Waals surface area contributed by atoms with Gasteiger partial charge in [0.15, 0.2) is 0 Å². The van der Waals surface area contributed by atoms with Crippen LogP contribution in [0.1, 0.15) is 22.3 Å². The second kappa shape index (κ2) is 7.16. The molecule has 0 fully saturated rings. The highest BCUT2D eigenvalue weighted by Gasteiger charge is 2.06. The fraction of sp³-hybridized carbons (Fsp3) is 0.235. The summed E-state index contributed by atoms with van der Waals surface area (Å²) >= 11 is 8.47. The van der Waals surface area contributed by atoms with Gasteiger partial charge >= 0.3 is 0 Å². The highest BCUT2D eigenvalue weighted by Crippen LogP contribution is 2.16.